The molecule has 4 saturated carbocycles. The van der Waals surface area contributed by atoms with Gasteiger partial charge in [0.25, 0.3) is 0 Å². The first-order chi connectivity index (χ1) is 49.6. The molecule has 37 atom stereocenters. The van der Waals surface area contributed by atoms with Gasteiger partial charge in [0.15, 0.2) is 49.6 Å². The maximum Gasteiger partial charge on any atom is 0.348 e. The SMILES string of the molecule is O=C(C=CC1CCC(O)C(O)C1)OCC1OC(OC2CC(O)C3CC(OC4OC(COC(=O)CC(=O)OC(C(=O)O)C(O)C(=O)O)C(O)C(O)C4OC4OC(CO)C(O)C(O)C4OC(=O)C=CC4CCC(O)C(O)C4)C(C4CCC(O)C(OC5OC(C(=O)[O-])C(O)C(O)C5O)C4)[OH+]C3C2)C(O)C(O)C1O. The van der Waals surface area contributed by atoms with Crippen molar-refractivity contribution in [2.45, 2.75) is 286 Å². The van der Waals surface area contributed by atoms with Crippen LogP contribution < -0.4 is 5.11 Å². The van der Waals surface area contributed by atoms with E-state index in [-0.39, 0.29) is 70.1 Å². The Morgan fingerprint density at radius 3 is 1.61 bits per heavy atom. The van der Waals surface area contributed by atoms with E-state index in [1.54, 1.807) is 0 Å². The summed E-state index contributed by atoms with van der Waals surface area (Å²) in [5, 5.41) is 227. The van der Waals surface area contributed by atoms with Gasteiger partial charge in [-0.1, -0.05) is 12.2 Å². The van der Waals surface area contributed by atoms with Gasteiger partial charge < -0.3 is 174 Å². The second kappa shape index (κ2) is 36.9. The van der Waals surface area contributed by atoms with Crippen molar-refractivity contribution < 1.29 is 202 Å². The molecule has 5 aliphatic heterocycles. The molecule has 5 heterocycles. The van der Waals surface area contributed by atoms with Crippen molar-refractivity contribution in [1.29, 1.82) is 0 Å². The fourth-order valence-electron chi connectivity index (χ4n) is 14.7. The molecular formula is C64H94O41. The first kappa shape index (κ1) is 83.7. The van der Waals surface area contributed by atoms with Crippen LogP contribution in [0.25, 0.3) is 0 Å². The number of carbonyl (C=O) groups is 7. The monoisotopic (exact) mass is 1520 g/mol. The number of hydrogen-bond acceptors (Lipinski definition) is 38. The lowest BCUT2D eigenvalue weighted by atomic mass is 9.72. The molecule has 4 aliphatic carbocycles. The van der Waals surface area contributed by atoms with Gasteiger partial charge in [-0.25, -0.2) is 19.2 Å². The number of fused-ring (bicyclic) bond motifs is 1. The number of aliphatic hydroxyl groups is 20. The molecule has 9 fully saturated rings. The van der Waals surface area contributed by atoms with Gasteiger partial charge in [0.2, 0.25) is 6.10 Å². The predicted octanol–water partition coefficient (Wildman–Crippen LogP) is -11.6. The van der Waals surface area contributed by atoms with Gasteiger partial charge in [-0.15, -0.1) is 0 Å². The molecule has 0 aromatic heterocycles. The number of rotatable bonds is 26. The van der Waals surface area contributed by atoms with E-state index in [0.29, 0.717) is 12.8 Å². The summed E-state index contributed by atoms with van der Waals surface area (Å²) in [6.45, 7) is -2.89. The van der Waals surface area contributed by atoms with Crippen molar-refractivity contribution in [3.05, 3.63) is 24.3 Å². The lowest BCUT2D eigenvalue weighted by Crippen LogP contribution is -2.66. The largest absolute Gasteiger partial charge is 0.547 e. The number of aliphatic carboxylic acids is 3. The van der Waals surface area contributed by atoms with Gasteiger partial charge in [-0.05, 0) is 76.0 Å². The van der Waals surface area contributed by atoms with E-state index in [1.165, 1.54) is 12.2 Å². The quantitative estimate of drug-likeness (QED) is 0.0126. The molecule has 0 aromatic rings. The van der Waals surface area contributed by atoms with E-state index < -0.39 is 288 Å². The number of carbonyl (C=O) groups excluding carboxylic acids is 5. The smallest absolute Gasteiger partial charge is 0.348 e. The molecule has 37 unspecified atom stereocenters. The van der Waals surface area contributed by atoms with Gasteiger partial charge >= 0.3 is 35.8 Å². The molecule has 9 rings (SSSR count). The summed E-state index contributed by atoms with van der Waals surface area (Å²) in [5.74, 6) is -14.4. The Kier molecular flexibility index (Phi) is 29.4. The Morgan fingerprint density at radius 1 is 0.476 bits per heavy atom. The van der Waals surface area contributed by atoms with Crippen molar-refractivity contribution in [3.63, 3.8) is 0 Å². The van der Waals surface area contributed by atoms with E-state index in [0.717, 1.165) is 12.2 Å². The molecule has 0 radical (unpaired) electrons. The molecule has 5 saturated heterocycles. The summed E-state index contributed by atoms with van der Waals surface area (Å²) in [4.78, 5) is 87.3. The number of hydrogen-bond donors (Lipinski definition) is 20. The molecule has 596 valence electrons. The van der Waals surface area contributed by atoms with E-state index in [9.17, 15) is 136 Å². The molecule has 0 bridgehead atoms. The molecular weight excluding hydrogens is 1420 g/mol. The normalized spacial score (nSPS) is 44.6. The zero-order valence-electron chi connectivity index (χ0n) is 56.0. The Hall–Kier alpha value is -5.31. The average Bonchev–Trinajstić information content (AvgIpc) is 0.760. The fourth-order valence-corrected chi connectivity index (χ4v) is 14.7. The lowest BCUT2D eigenvalue weighted by Gasteiger charge is -2.50. The number of aliphatic hydroxyl groups excluding tert-OH is 18. The maximum absolute atomic E-state index is 13.6. The highest BCUT2D eigenvalue weighted by molar-refractivity contribution is 5.93. The summed E-state index contributed by atoms with van der Waals surface area (Å²) < 4.78 is 74.1. The van der Waals surface area contributed by atoms with Crippen LogP contribution in [0.1, 0.15) is 83.5 Å². The Bertz CT molecular complexity index is 2980. The van der Waals surface area contributed by atoms with Crippen LogP contribution in [-0.4, -0.2) is 371 Å². The van der Waals surface area contributed by atoms with Crippen LogP contribution in [0.2, 0.25) is 0 Å². The summed E-state index contributed by atoms with van der Waals surface area (Å²) in [5.41, 5.74) is 0. The Balaban J connectivity index is 1.00. The number of carboxylic acids is 3. The summed E-state index contributed by atoms with van der Waals surface area (Å²) in [6, 6.07) is 0. The molecule has 0 spiro atoms. The number of allylic oxidation sites excluding steroid dienone is 2. The van der Waals surface area contributed by atoms with Gasteiger partial charge in [-0.3, -0.25) is 9.59 Å². The Morgan fingerprint density at radius 2 is 1.01 bits per heavy atom. The van der Waals surface area contributed by atoms with Crippen LogP contribution in [0, 0.1) is 23.7 Å². The second-order valence-corrected chi connectivity index (χ2v) is 28.0. The maximum atomic E-state index is 13.6. The van der Waals surface area contributed by atoms with Crippen molar-refractivity contribution >= 4 is 41.8 Å². The topological polar surface area (TPSA) is 671 Å². The molecule has 105 heavy (non-hydrogen) atoms. The zero-order valence-corrected chi connectivity index (χ0v) is 56.0. The first-order valence-electron chi connectivity index (χ1n) is 34.5. The third kappa shape index (κ3) is 20.6. The van der Waals surface area contributed by atoms with Gasteiger partial charge in [0.1, 0.15) is 117 Å². The highest BCUT2D eigenvalue weighted by Gasteiger charge is 2.59. The predicted molar refractivity (Wildman–Crippen MR) is 327 cm³/mol. The molecule has 0 aromatic carbocycles. The van der Waals surface area contributed by atoms with Crippen LogP contribution in [0.5, 0.6) is 0 Å². The van der Waals surface area contributed by atoms with Gasteiger partial charge in [0, 0.05) is 30.9 Å². The molecule has 9 aliphatic rings. The summed E-state index contributed by atoms with van der Waals surface area (Å²) >= 11 is 0. The minimum Gasteiger partial charge on any atom is -0.547 e. The van der Waals surface area contributed by atoms with Crippen molar-refractivity contribution in [2.75, 3.05) is 19.8 Å². The van der Waals surface area contributed by atoms with Crippen LogP contribution in [0.3, 0.4) is 0 Å². The highest BCUT2D eigenvalue weighted by atomic mass is 16.8. The first-order valence-corrected chi connectivity index (χ1v) is 34.5. The van der Waals surface area contributed by atoms with Crippen molar-refractivity contribution in [2.24, 2.45) is 23.7 Å². The molecule has 21 N–H and O–H groups in total. The average molecular weight is 1520 g/mol. The van der Waals surface area contributed by atoms with E-state index in [1.807, 2.05) is 0 Å². The number of carboxylic acid groups (broad SMARTS) is 3. The van der Waals surface area contributed by atoms with E-state index in [4.69, 9.17) is 61.9 Å². The zero-order chi connectivity index (χ0) is 76.7. The van der Waals surface area contributed by atoms with Crippen LogP contribution in [0.4, 0.5) is 0 Å². The lowest BCUT2D eigenvalue weighted by molar-refractivity contribution is -0.389. The van der Waals surface area contributed by atoms with Crippen molar-refractivity contribution in [1.82, 2.24) is 0 Å². The van der Waals surface area contributed by atoms with Crippen LogP contribution in [-0.2, 0) is 90.4 Å². The third-order valence-electron chi connectivity index (χ3n) is 20.7. The van der Waals surface area contributed by atoms with E-state index >= 15 is 0 Å². The summed E-state index contributed by atoms with van der Waals surface area (Å²) in [7, 11) is 0. The fraction of sp³-hybridized carbons (Fsp3) is 0.828. The van der Waals surface area contributed by atoms with Gasteiger partial charge in [-0.2, -0.15) is 0 Å². The minimum absolute atomic E-state index is 0.0103. The number of esters is 4. The van der Waals surface area contributed by atoms with Crippen LogP contribution in [0.15, 0.2) is 24.3 Å². The third-order valence-corrected chi connectivity index (χ3v) is 20.7. The summed E-state index contributed by atoms with van der Waals surface area (Å²) in [6.07, 6.45) is -56.7. The van der Waals surface area contributed by atoms with Crippen LogP contribution >= 0.6 is 0 Å². The highest BCUT2D eigenvalue weighted by Crippen LogP contribution is 2.45. The standard InChI is InChI=1S/C64H94O41/c65-18-35-42(76)47(81)56(102-39(73)10-4-22-2-7-27(67)31(71)12-22)64(99-35)105-57-48(82)44(78)37(20-94-40(74)17-41(75)103-55(60(91)92)52(86)58(87)88)101-63(57)98-34-16-25-29(69)14-24(95-61-50(84)45(79)43(77)36(100-61)19-93-38(72)9-3-21-1-6-26(66)30(70)11-21)15-32(25)96-53(34)23-5-8-28(68)33(13-23)97-62-51(85)46(80)49(83)54(104-62)59(89)90/h3-4,9-10,21-37,42-57,61-71,76-86H,1-2,5-8,11-20H2,(H,87,88)(H,89,90)(H,91,92). The minimum atomic E-state index is -2.81. The Labute approximate surface area is 596 Å². The molecule has 41 nitrogen and oxygen atoms in total. The molecule has 41 heteroatoms. The van der Waals surface area contributed by atoms with Crippen molar-refractivity contribution in [3.8, 4) is 0 Å². The van der Waals surface area contributed by atoms with E-state index in [2.05, 4.69) is 4.74 Å². The van der Waals surface area contributed by atoms with Gasteiger partial charge in [0.05, 0.1) is 67.3 Å². The second-order valence-electron chi connectivity index (χ2n) is 28.0. The molecule has 0 amide bonds. The number of ether oxygens (including phenoxy) is 13.